The third-order valence-electron chi connectivity index (χ3n) is 3.24. The summed E-state index contributed by atoms with van der Waals surface area (Å²) in [7, 11) is 1.71. The van der Waals surface area contributed by atoms with Crippen LogP contribution in [0.2, 0.25) is 0 Å². The average Bonchev–Trinajstić information content (AvgIpc) is 2.32. The van der Waals surface area contributed by atoms with Crippen LogP contribution in [-0.2, 0) is 4.74 Å². The lowest BCUT2D eigenvalue weighted by Crippen LogP contribution is -2.36. The summed E-state index contributed by atoms with van der Waals surface area (Å²) in [4.78, 5) is 0. The summed E-state index contributed by atoms with van der Waals surface area (Å²) in [6, 6.07) is 5.43. The van der Waals surface area contributed by atoms with Gasteiger partial charge in [0, 0.05) is 7.11 Å². The van der Waals surface area contributed by atoms with Gasteiger partial charge in [-0.3, -0.25) is 0 Å². The van der Waals surface area contributed by atoms with Gasteiger partial charge >= 0.3 is 0 Å². The molecule has 102 valence electrons. The molecule has 0 spiro atoms. The Balaban J connectivity index is 3.06. The number of benzene rings is 1. The molecule has 2 nitrogen and oxygen atoms in total. The van der Waals surface area contributed by atoms with Crippen LogP contribution in [0.15, 0.2) is 18.2 Å². The van der Waals surface area contributed by atoms with Crippen molar-refractivity contribution in [2.75, 3.05) is 13.7 Å². The summed E-state index contributed by atoms with van der Waals surface area (Å²) < 4.78 is 19.2. The number of hydrogen-bond donors (Lipinski definition) is 1. The number of likely N-dealkylation sites (N-methyl/N-ethyl adjacent to an activating group) is 1. The Kier molecular flexibility index (Phi) is 5.76. The van der Waals surface area contributed by atoms with E-state index in [-0.39, 0.29) is 18.0 Å². The number of rotatable bonds is 6. The van der Waals surface area contributed by atoms with E-state index in [0.29, 0.717) is 11.5 Å². The number of hydrogen-bond acceptors (Lipinski definition) is 2. The second-order valence-corrected chi connectivity index (χ2v) is 4.99. The van der Waals surface area contributed by atoms with Gasteiger partial charge in [0.1, 0.15) is 5.82 Å². The van der Waals surface area contributed by atoms with Crippen molar-refractivity contribution in [1.29, 1.82) is 0 Å². The lowest BCUT2D eigenvalue weighted by Gasteiger charge is -2.30. The van der Waals surface area contributed by atoms with Gasteiger partial charge in [0.05, 0.1) is 12.1 Å². The van der Waals surface area contributed by atoms with Crippen LogP contribution in [0.3, 0.4) is 0 Å². The van der Waals surface area contributed by atoms with Gasteiger partial charge in [-0.1, -0.05) is 32.9 Å². The second-order valence-electron chi connectivity index (χ2n) is 4.99. The second kappa shape index (κ2) is 6.86. The van der Waals surface area contributed by atoms with Crippen molar-refractivity contribution < 1.29 is 9.13 Å². The molecule has 0 aromatic heterocycles. The molecule has 1 aromatic rings. The molecular weight excluding hydrogens is 229 g/mol. The van der Waals surface area contributed by atoms with Gasteiger partial charge in [-0.15, -0.1) is 0 Å². The van der Waals surface area contributed by atoms with E-state index in [2.05, 4.69) is 19.2 Å². The van der Waals surface area contributed by atoms with Crippen LogP contribution < -0.4 is 5.32 Å². The predicted molar refractivity (Wildman–Crippen MR) is 73.2 cm³/mol. The summed E-state index contributed by atoms with van der Waals surface area (Å²) >= 11 is 0. The standard InChI is InChI=1S/C15H24FNO/c1-6-17-14(15(18-5)10(2)3)12-8-7-11(4)13(16)9-12/h7-10,14-15,17H,6H2,1-5H3. The Labute approximate surface area is 110 Å². The molecule has 0 bridgehead atoms. The van der Waals surface area contributed by atoms with Crippen LogP contribution in [0.5, 0.6) is 0 Å². The molecule has 1 aromatic carbocycles. The van der Waals surface area contributed by atoms with E-state index >= 15 is 0 Å². The van der Waals surface area contributed by atoms with E-state index < -0.39 is 0 Å². The molecule has 2 atom stereocenters. The predicted octanol–water partition coefficient (Wildman–Crippen LogP) is 3.46. The topological polar surface area (TPSA) is 21.3 Å². The van der Waals surface area contributed by atoms with Gasteiger partial charge in [-0.25, -0.2) is 4.39 Å². The van der Waals surface area contributed by atoms with E-state index in [1.165, 1.54) is 0 Å². The Hall–Kier alpha value is -0.930. The maximum Gasteiger partial charge on any atom is 0.126 e. The number of aryl methyl sites for hydroxylation is 1. The highest BCUT2D eigenvalue weighted by molar-refractivity contribution is 5.26. The molecule has 2 unspecified atom stereocenters. The summed E-state index contributed by atoms with van der Waals surface area (Å²) in [5.41, 5.74) is 1.62. The lowest BCUT2D eigenvalue weighted by atomic mass is 9.92. The summed E-state index contributed by atoms with van der Waals surface area (Å²) in [6.45, 7) is 8.88. The Morgan fingerprint density at radius 1 is 1.33 bits per heavy atom. The van der Waals surface area contributed by atoms with Crippen molar-refractivity contribution in [2.24, 2.45) is 5.92 Å². The normalized spacial score (nSPS) is 14.8. The van der Waals surface area contributed by atoms with Crippen LogP contribution in [-0.4, -0.2) is 19.8 Å². The molecule has 0 saturated heterocycles. The van der Waals surface area contributed by atoms with Crippen molar-refractivity contribution in [1.82, 2.24) is 5.32 Å². The first-order valence-corrected chi connectivity index (χ1v) is 6.53. The maximum absolute atomic E-state index is 13.7. The van der Waals surface area contributed by atoms with Gasteiger partial charge < -0.3 is 10.1 Å². The monoisotopic (exact) mass is 253 g/mol. The van der Waals surface area contributed by atoms with Gasteiger partial charge in [-0.2, -0.15) is 0 Å². The van der Waals surface area contributed by atoms with Crippen molar-refractivity contribution in [3.05, 3.63) is 35.1 Å². The number of halogens is 1. The van der Waals surface area contributed by atoms with Gasteiger partial charge in [0.25, 0.3) is 0 Å². The minimum absolute atomic E-state index is 0.0232. The van der Waals surface area contributed by atoms with Crippen LogP contribution >= 0.6 is 0 Å². The zero-order valence-corrected chi connectivity index (χ0v) is 12.0. The molecule has 18 heavy (non-hydrogen) atoms. The number of methoxy groups -OCH3 is 1. The van der Waals surface area contributed by atoms with Crippen LogP contribution in [0.1, 0.15) is 37.9 Å². The highest BCUT2D eigenvalue weighted by atomic mass is 19.1. The highest BCUT2D eigenvalue weighted by Crippen LogP contribution is 2.25. The molecule has 0 aliphatic heterocycles. The molecule has 0 radical (unpaired) electrons. The molecule has 0 heterocycles. The molecule has 1 N–H and O–H groups in total. The van der Waals surface area contributed by atoms with E-state index in [0.717, 1.165) is 12.1 Å². The molecule has 1 rings (SSSR count). The van der Waals surface area contributed by atoms with Gasteiger partial charge in [-0.05, 0) is 36.6 Å². The van der Waals surface area contributed by atoms with Crippen LogP contribution in [0, 0.1) is 18.7 Å². The highest BCUT2D eigenvalue weighted by Gasteiger charge is 2.25. The fourth-order valence-corrected chi connectivity index (χ4v) is 2.24. The summed E-state index contributed by atoms with van der Waals surface area (Å²) in [5, 5.41) is 3.39. The molecule has 0 saturated carbocycles. The molecule has 0 aliphatic carbocycles. The van der Waals surface area contributed by atoms with Crippen molar-refractivity contribution in [2.45, 2.75) is 39.8 Å². The average molecular weight is 253 g/mol. The van der Waals surface area contributed by atoms with E-state index in [9.17, 15) is 4.39 Å². The zero-order valence-electron chi connectivity index (χ0n) is 12.0. The first kappa shape index (κ1) is 15.1. The van der Waals surface area contributed by atoms with Crippen molar-refractivity contribution in [3.8, 4) is 0 Å². The van der Waals surface area contributed by atoms with Gasteiger partial charge in [0.15, 0.2) is 0 Å². The Morgan fingerprint density at radius 2 is 2.00 bits per heavy atom. The van der Waals surface area contributed by atoms with E-state index in [1.54, 1.807) is 20.1 Å². The fourth-order valence-electron chi connectivity index (χ4n) is 2.24. The minimum Gasteiger partial charge on any atom is -0.379 e. The van der Waals surface area contributed by atoms with Crippen molar-refractivity contribution >= 4 is 0 Å². The Bertz CT molecular complexity index is 379. The zero-order chi connectivity index (χ0) is 13.7. The molecule has 0 fully saturated rings. The SMILES string of the molecule is CCNC(c1ccc(C)c(F)c1)C(OC)C(C)C. The fraction of sp³-hybridized carbons (Fsp3) is 0.600. The number of nitrogens with one attached hydrogen (secondary N) is 1. The molecule has 0 aliphatic rings. The van der Waals surface area contributed by atoms with Crippen molar-refractivity contribution in [3.63, 3.8) is 0 Å². The summed E-state index contributed by atoms with van der Waals surface area (Å²) in [6.07, 6.45) is 0.0343. The van der Waals surface area contributed by atoms with Crippen LogP contribution in [0.25, 0.3) is 0 Å². The third-order valence-corrected chi connectivity index (χ3v) is 3.24. The van der Waals surface area contributed by atoms with Crippen LogP contribution in [0.4, 0.5) is 4.39 Å². The molecule has 0 amide bonds. The molecular formula is C15H24FNO. The lowest BCUT2D eigenvalue weighted by molar-refractivity contribution is 0.0330. The quantitative estimate of drug-likeness (QED) is 0.838. The minimum atomic E-state index is -0.158. The number of ether oxygens (including phenoxy) is 1. The largest absolute Gasteiger partial charge is 0.379 e. The van der Waals surface area contributed by atoms with Gasteiger partial charge in [0.2, 0.25) is 0 Å². The smallest absolute Gasteiger partial charge is 0.126 e. The summed E-state index contributed by atoms with van der Waals surface area (Å²) in [5.74, 6) is 0.206. The molecule has 3 heteroatoms. The third kappa shape index (κ3) is 3.53. The van der Waals surface area contributed by atoms with E-state index in [1.807, 2.05) is 19.1 Å². The first-order valence-electron chi connectivity index (χ1n) is 6.53. The maximum atomic E-state index is 13.7. The Morgan fingerprint density at radius 3 is 2.44 bits per heavy atom. The first-order chi connectivity index (χ1) is 8.51. The van der Waals surface area contributed by atoms with E-state index in [4.69, 9.17) is 4.74 Å².